The van der Waals surface area contributed by atoms with Crippen molar-refractivity contribution in [1.29, 1.82) is 0 Å². The van der Waals surface area contributed by atoms with Crippen LogP contribution in [0.1, 0.15) is 25.3 Å². The van der Waals surface area contributed by atoms with Gasteiger partial charge in [0.2, 0.25) is 5.91 Å². The van der Waals surface area contributed by atoms with Crippen LogP contribution in [-0.4, -0.2) is 23.5 Å². The lowest BCUT2D eigenvalue weighted by molar-refractivity contribution is -0.138. The Balaban J connectivity index is 2.35. The molecular formula is C14H16FNO3. The second kappa shape index (κ2) is 5.38. The lowest BCUT2D eigenvalue weighted by Gasteiger charge is -2.21. The fourth-order valence-corrected chi connectivity index (χ4v) is 2.57. The number of hydrogen-bond acceptors (Lipinski definition) is 2. The first-order valence-corrected chi connectivity index (χ1v) is 6.25. The normalized spacial score (nSPS) is 18.6. The first-order valence-electron chi connectivity index (χ1n) is 6.25. The maximum atomic E-state index is 13.3. The highest BCUT2D eigenvalue weighted by atomic mass is 19.1. The summed E-state index contributed by atoms with van der Waals surface area (Å²) in [7, 11) is 0. The summed E-state index contributed by atoms with van der Waals surface area (Å²) in [4.78, 5) is 24.1. The van der Waals surface area contributed by atoms with Crippen LogP contribution in [-0.2, 0) is 16.0 Å². The van der Waals surface area contributed by atoms with Crippen molar-refractivity contribution in [2.45, 2.75) is 26.2 Å². The molecule has 4 nitrogen and oxygen atoms in total. The molecule has 2 rings (SSSR count). The SMILES string of the molecule is CC(=O)N1CCC(CC(=O)O)Cc2cc(F)ccc21. The van der Waals surface area contributed by atoms with E-state index in [0.717, 1.165) is 0 Å². The standard InChI is InChI=1S/C14H16FNO3/c1-9(17)16-5-4-10(7-14(18)19)6-11-8-12(15)2-3-13(11)16/h2-3,8,10H,4-7H2,1H3,(H,18,19). The predicted octanol–water partition coefficient (Wildman–Crippen LogP) is 2.22. The monoisotopic (exact) mass is 265 g/mol. The van der Waals surface area contributed by atoms with Crippen molar-refractivity contribution < 1.29 is 19.1 Å². The molecule has 0 fully saturated rings. The highest BCUT2D eigenvalue weighted by Gasteiger charge is 2.25. The van der Waals surface area contributed by atoms with Crippen molar-refractivity contribution in [3.63, 3.8) is 0 Å². The van der Waals surface area contributed by atoms with Crippen LogP contribution in [0.5, 0.6) is 0 Å². The molecule has 1 aliphatic rings. The zero-order chi connectivity index (χ0) is 14.0. The number of amides is 1. The van der Waals surface area contributed by atoms with Crippen LogP contribution in [0.4, 0.5) is 10.1 Å². The molecule has 0 spiro atoms. The van der Waals surface area contributed by atoms with Crippen molar-refractivity contribution in [2.24, 2.45) is 5.92 Å². The molecule has 1 aliphatic heterocycles. The number of anilines is 1. The van der Waals surface area contributed by atoms with E-state index in [2.05, 4.69) is 0 Å². The summed E-state index contributed by atoms with van der Waals surface area (Å²) in [5.41, 5.74) is 1.40. The Kier molecular flexibility index (Phi) is 3.83. The predicted molar refractivity (Wildman–Crippen MR) is 68.5 cm³/mol. The highest BCUT2D eigenvalue weighted by molar-refractivity contribution is 5.92. The summed E-state index contributed by atoms with van der Waals surface area (Å²) in [6, 6.07) is 4.31. The average Bonchev–Trinajstić information content (AvgIpc) is 2.46. The van der Waals surface area contributed by atoms with Crippen LogP contribution in [0.2, 0.25) is 0 Å². The fraction of sp³-hybridized carbons (Fsp3) is 0.429. The van der Waals surface area contributed by atoms with E-state index in [1.54, 1.807) is 11.0 Å². The van der Waals surface area contributed by atoms with Gasteiger partial charge in [-0.05, 0) is 42.5 Å². The minimum absolute atomic E-state index is 0.0434. The van der Waals surface area contributed by atoms with E-state index >= 15 is 0 Å². The third-order valence-corrected chi connectivity index (χ3v) is 3.45. The number of carboxylic acid groups (broad SMARTS) is 1. The summed E-state index contributed by atoms with van der Waals surface area (Å²) >= 11 is 0. The zero-order valence-electron chi connectivity index (χ0n) is 10.7. The lowest BCUT2D eigenvalue weighted by atomic mass is 9.94. The molecular weight excluding hydrogens is 249 g/mol. The highest BCUT2D eigenvalue weighted by Crippen LogP contribution is 2.31. The fourth-order valence-electron chi connectivity index (χ4n) is 2.57. The Hall–Kier alpha value is -1.91. The van der Waals surface area contributed by atoms with Crippen LogP contribution in [0.25, 0.3) is 0 Å². The Morgan fingerprint density at radius 3 is 2.84 bits per heavy atom. The lowest BCUT2D eigenvalue weighted by Crippen LogP contribution is -2.29. The van der Waals surface area contributed by atoms with Crippen LogP contribution in [0, 0.1) is 11.7 Å². The molecule has 1 unspecified atom stereocenters. The number of carbonyl (C=O) groups is 2. The van der Waals surface area contributed by atoms with Gasteiger partial charge in [0, 0.05) is 25.6 Å². The number of fused-ring (bicyclic) bond motifs is 1. The van der Waals surface area contributed by atoms with Gasteiger partial charge < -0.3 is 10.0 Å². The molecule has 0 aliphatic carbocycles. The molecule has 1 amide bonds. The van der Waals surface area contributed by atoms with Gasteiger partial charge in [-0.25, -0.2) is 4.39 Å². The maximum Gasteiger partial charge on any atom is 0.303 e. The summed E-state index contributed by atoms with van der Waals surface area (Å²) in [5, 5.41) is 8.88. The van der Waals surface area contributed by atoms with Crippen LogP contribution in [0.3, 0.4) is 0 Å². The largest absolute Gasteiger partial charge is 0.481 e. The van der Waals surface area contributed by atoms with Gasteiger partial charge in [-0.3, -0.25) is 9.59 Å². The van der Waals surface area contributed by atoms with Crippen molar-refractivity contribution in [3.8, 4) is 0 Å². The molecule has 102 valence electrons. The Morgan fingerprint density at radius 2 is 2.21 bits per heavy atom. The van der Waals surface area contributed by atoms with Gasteiger partial charge in [-0.2, -0.15) is 0 Å². The van der Waals surface area contributed by atoms with Gasteiger partial charge in [0.25, 0.3) is 0 Å². The topological polar surface area (TPSA) is 57.6 Å². The maximum absolute atomic E-state index is 13.3. The summed E-state index contributed by atoms with van der Waals surface area (Å²) < 4.78 is 13.3. The molecule has 5 heteroatoms. The van der Waals surface area contributed by atoms with Crippen molar-refractivity contribution in [2.75, 3.05) is 11.4 Å². The Bertz CT molecular complexity index is 515. The van der Waals surface area contributed by atoms with E-state index in [4.69, 9.17) is 5.11 Å². The molecule has 1 aromatic rings. The van der Waals surface area contributed by atoms with E-state index in [1.807, 2.05) is 0 Å². The van der Waals surface area contributed by atoms with E-state index in [0.29, 0.717) is 30.6 Å². The van der Waals surface area contributed by atoms with Gasteiger partial charge in [-0.15, -0.1) is 0 Å². The van der Waals surface area contributed by atoms with Gasteiger partial charge in [0.1, 0.15) is 5.82 Å². The molecule has 0 aromatic heterocycles. The smallest absolute Gasteiger partial charge is 0.303 e. The number of carboxylic acids is 1. The third kappa shape index (κ3) is 3.10. The molecule has 1 aromatic carbocycles. The average molecular weight is 265 g/mol. The second-order valence-electron chi connectivity index (χ2n) is 4.90. The van der Waals surface area contributed by atoms with Gasteiger partial charge in [0.15, 0.2) is 0 Å². The van der Waals surface area contributed by atoms with Gasteiger partial charge in [-0.1, -0.05) is 0 Å². The second-order valence-corrected chi connectivity index (χ2v) is 4.90. The quantitative estimate of drug-likeness (QED) is 0.892. The van der Waals surface area contributed by atoms with Gasteiger partial charge in [0.05, 0.1) is 0 Å². The molecule has 1 heterocycles. The molecule has 1 N–H and O–H groups in total. The Morgan fingerprint density at radius 1 is 1.47 bits per heavy atom. The zero-order valence-corrected chi connectivity index (χ0v) is 10.7. The number of benzene rings is 1. The molecule has 0 saturated carbocycles. The van der Waals surface area contributed by atoms with E-state index < -0.39 is 5.97 Å². The molecule has 1 atom stereocenters. The van der Waals surface area contributed by atoms with Crippen LogP contribution in [0.15, 0.2) is 18.2 Å². The van der Waals surface area contributed by atoms with E-state index in [-0.39, 0.29) is 24.1 Å². The summed E-state index contributed by atoms with van der Waals surface area (Å²) in [6.07, 6.45) is 1.15. The van der Waals surface area contributed by atoms with Crippen molar-refractivity contribution >= 4 is 17.6 Å². The number of hydrogen-bond donors (Lipinski definition) is 1. The summed E-state index contributed by atoms with van der Waals surface area (Å²) in [5.74, 6) is -1.40. The van der Waals surface area contributed by atoms with Crippen LogP contribution >= 0.6 is 0 Å². The number of carbonyl (C=O) groups excluding carboxylic acids is 1. The minimum Gasteiger partial charge on any atom is -0.481 e. The van der Waals surface area contributed by atoms with E-state index in [1.165, 1.54) is 19.1 Å². The number of aliphatic carboxylic acids is 1. The summed E-state index contributed by atoms with van der Waals surface area (Å²) in [6.45, 7) is 1.94. The molecule has 19 heavy (non-hydrogen) atoms. The number of rotatable bonds is 2. The number of halogens is 1. The van der Waals surface area contributed by atoms with Gasteiger partial charge >= 0.3 is 5.97 Å². The minimum atomic E-state index is -0.862. The van der Waals surface area contributed by atoms with Crippen LogP contribution < -0.4 is 4.90 Å². The first-order chi connectivity index (χ1) is 8.97. The molecule has 0 bridgehead atoms. The van der Waals surface area contributed by atoms with Crippen molar-refractivity contribution in [3.05, 3.63) is 29.6 Å². The number of nitrogens with zero attached hydrogens (tertiary/aromatic N) is 1. The third-order valence-electron chi connectivity index (χ3n) is 3.45. The first kappa shape index (κ1) is 13.5. The Labute approximate surface area is 110 Å². The van der Waals surface area contributed by atoms with Crippen molar-refractivity contribution in [1.82, 2.24) is 0 Å². The van der Waals surface area contributed by atoms with E-state index in [9.17, 15) is 14.0 Å². The molecule has 0 radical (unpaired) electrons. The molecule has 0 saturated heterocycles.